The lowest BCUT2D eigenvalue weighted by molar-refractivity contribution is 0.184. The minimum atomic E-state index is -0.392. The van der Waals surface area contributed by atoms with E-state index in [0.717, 1.165) is 22.8 Å². The van der Waals surface area contributed by atoms with Gasteiger partial charge in [-0.2, -0.15) is 10.2 Å². The predicted octanol–water partition coefficient (Wildman–Crippen LogP) is 3.38. The number of aryl methyl sites for hydroxylation is 2. The van der Waals surface area contributed by atoms with Crippen molar-refractivity contribution >= 4 is 11.6 Å². The van der Waals surface area contributed by atoms with E-state index in [1.807, 2.05) is 32.9 Å². The Labute approximate surface area is 178 Å². The summed E-state index contributed by atoms with van der Waals surface area (Å²) in [6.45, 7) is 6.85. The van der Waals surface area contributed by atoms with Gasteiger partial charge in [0.2, 0.25) is 0 Å². The van der Waals surface area contributed by atoms with Gasteiger partial charge in [0.05, 0.1) is 30.7 Å². The number of pyridine rings is 1. The Hall–Kier alpha value is -3.66. The Morgan fingerprint density at radius 2 is 1.90 bits per heavy atom. The predicted molar refractivity (Wildman–Crippen MR) is 114 cm³/mol. The van der Waals surface area contributed by atoms with Crippen LogP contribution in [0.1, 0.15) is 17.0 Å². The van der Waals surface area contributed by atoms with Crippen LogP contribution in [0.15, 0.2) is 36.8 Å². The lowest BCUT2D eigenvalue weighted by Gasteiger charge is -2.11. The standard InChI is InChI=1S/C21H23FN8O/c1-13-9-14(2)30(27-13)19-10-18(24-12-25-19)26-21-15(3)20(28-29(21)7-8-31-4)17-6-5-16(22)11-23-17/h5-6,9-12H,7-8H2,1-4H3,(H,24,25,26). The highest BCUT2D eigenvalue weighted by atomic mass is 19.1. The molecule has 0 atom stereocenters. The van der Waals surface area contributed by atoms with Gasteiger partial charge in [-0.05, 0) is 39.0 Å². The molecule has 0 radical (unpaired) electrons. The first-order valence-electron chi connectivity index (χ1n) is 9.77. The highest BCUT2D eigenvalue weighted by Crippen LogP contribution is 2.29. The van der Waals surface area contributed by atoms with Gasteiger partial charge >= 0.3 is 0 Å². The molecule has 0 aliphatic heterocycles. The van der Waals surface area contributed by atoms with Crippen LogP contribution in [-0.2, 0) is 11.3 Å². The number of hydrogen-bond donors (Lipinski definition) is 1. The number of nitrogens with one attached hydrogen (secondary N) is 1. The first kappa shape index (κ1) is 20.6. The monoisotopic (exact) mass is 422 g/mol. The van der Waals surface area contributed by atoms with Gasteiger partial charge in [0.15, 0.2) is 5.82 Å². The lowest BCUT2D eigenvalue weighted by atomic mass is 10.2. The molecule has 31 heavy (non-hydrogen) atoms. The average Bonchev–Trinajstić information content (AvgIpc) is 3.26. The Bertz CT molecular complexity index is 1200. The number of rotatable bonds is 7. The number of anilines is 2. The van der Waals surface area contributed by atoms with E-state index in [4.69, 9.17) is 4.74 Å². The largest absolute Gasteiger partial charge is 0.383 e. The topological polar surface area (TPSA) is 95.6 Å². The molecule has 10 heteroatoms. The van der Waals surface area contributed by atoms with Crippen LogP contribution in [0.3, 0.4) is 0 Å². The summed E-state index contributed by atoms with van der Waals surface area (Å²) < 4.78 is 22.1. The second-order valence-electron chi connectivity index (χ2n) is 7.13. The first-order chi connectivity index (χ1) is 15.0. The fraction of sp³-hybridized carbons (Fsp3) is 0.286. The van der Waals surface area contributed by atoms with Gasteiger partial charge in [-0.3, -0.25) is 4.98 Å². The second kappa shape index (κ2) is 8.60. The van der Waals surface area contributed by atoms with E-state index in [1.165, 1.54) is 18.6 Å². The van der Waals surface area contributed by atoms with Gasteiger partial charge in [-0.25, -0.2) is 23.7 Å². The van der Waals surface area contributed by atoms with Crippen LogP contribution < -0.4 is 5.32 Å². The van der Waals surface area contributed by atoms with Crippen LogP contribution in [0.4, 0.5) is 16.0 Å². The maximum Gasteiger partial charge on any atom is 0.159 e. The van der Waals surface area contributed by atoms with E-state index in [1.54, 1.807) is 22.5 Å². The lowest BCUT2D eigenvalue weighted by Crippen LogP contribution is -2.10. The van der Waals surface area contributed by atoms with Gasteiger partial charge in [-0.1, -0.05) is 0 Å². The molecule has 0 spiro atoms. The maximum atomic E-state index is 13.3. The zero-order valence-electron chi connectivity index (χ0n) is 17.8. The average molecular weight is 422 g/mol. The summed E-state index contributed by atoms with van der Waals surface area (Å²) in [5, 5.41) is 12.5. The quantitative estimate of drug-likeness (QED) is 0.488. The third-order valence-electron chi connectivity index (χ3n) is 4.79. The van der Waals surface area contributed by atoms with Crippen molar-refractivity contribution in [2.45, 2.75) is 27.3 Å². The third-order valence-corrected chi connectivity index (χ3v) is 4.79. The molecule has 4 aromatic heterocycles. The molecule has 160 valence electrons. The fourth-order valence-corrected chi connectivity index (χ4v) is 3.32. The molecule has 0 aliphatic carbocycles. The van der Waals surface area contributed by atoms with Crippen LogP contribution in [0.5, 0.6) is 0 Å². The zero-order valence-corrected chi connectivity index (χ0v) is 17.8. The van der Waals surface area contributed by atoms with Crippen LogP contribution in [0.2, 0.25) is 0 Å². The first-order valence-corrected chi connectivity index (χ1v) is 9.77. The number of hydrogen-bond acceptors (Lipinski definition) is 7. The number of methoxy groups -OCH3 is 1. The van der Waals surface area contributed by atoms with E-state index in [0.29, 0.717) is 36.2 Å². The molecule has 0 aromatic carbocycles. The molecule has 9 nitrogen and oxygen atoms in total. The van der Waals surface area contributed by atoms with Crippen molar-refractivity contribution in [1.82, 2.24) is 34.5 Å². The number of halogens is 1. The smallest absolute Gasteiger partial charge is 0.159 e. The summed E-state index contributed by atoms with van der Waals surface area (Å²) in [7, 11) is 1.64. The Kier molecular flexibility index (Phi) is 5.72. The summed E-state index contributed by atoms with van der Waals surface area (Å²) >= 11 is 0. The van der Waals surface area contributed by atoms with Gasteiger partial charge in [0.25, 0.3) is 0 Å². The van der Waals surface area contributed by atoms with Crippen molar-refractivity contribution in [1.29, 1.82) is 0 Å². The van der Waals surface area contributed by atoms with Crippen molar-refractivity contribution in [2.24, 2.45) is 0 Å². The summed E-state index contributed by atoms with van der Waals surface area (Å²) in [5.41, 5.74) is 4.00. The van der Waals surface area contributed by atoms with Crippen LogP contribution in [0.25, 0.3) is 17.2 Å². The van der Waals surface area contributed by atoms with Crippen LogP contribution in [-0.4, -0.2) is 48.2 Å². The van der Waals surface area contributed by atoms with E-state index >= 15 is 0 Å². The SMILES string of the molecule is COCCn1nc(-c2ccc(F)cn2)c(C)c1Nc1cc(-n2nc(C)cc2C)ncn1. The minimum Gasteiger partial charge on any atom is -0.383 e. The van der Waals surface area contributed by atoms with Gasteiger partial charge in [0.1, 0.15) is 29.5 Å². The van der Waals surface area contributed by atoms with E-state index in [9.17, 15) is 4.39 Å². The normalized spacial score (nSPS) is 11.1. The Morgan fingerprint density at radius 3 is 2.58 bits per heavy atom. The van der Waals surface area contributed by atoms with Crippen molar-refractivity contribution in [3.05, 3.63) is 59.6 Å². The molecule has 0 fully saturated rings. The molecule has 0 saturated heterocycles. The molecular formula is C21H23FN8O. The third kappa shape index (κ3) is 4.29. The number of ether oxygens (including phenoxy) is 1. The van der Waals surface area contributed by atoms with Crippen molar-refractivity contribution < 1.29 is 9.13 Å². The van der Waals surface area contributed by atoms with E-state index < -0.39 is 5.82 Å². The molecule has 4 aromatic rings. The molecule has 1 N–H and O–H groups in total. The maximum absolute atomic E-state index is 13.3. The second-order valence-corrected chi connectivity index (χ2v) is 7.13. The molecule has 0 amide bonds. The van der Waals surface area contributed by atoms with Crippen LogP contribution in [0, 0.1) is 26.6 Å². The highest BCUT2D eigenvalue weighted by Gasteiger charge is 2.18. The number of nitrogens with zero attached hydrogens (tertiary/aromatic N) is 7. The molecule has 0 unspecified atom stereocenters. The van der Waals surface area contributed by atoms with Crippen molar-refractivity contribution in [3.8, 4) is 17.2 Å². The summed E-state index contributed by atoms with van der Waals surface area (Å²) in [6, 6.07) is 6.79. The molecular weight excluding hydrogens is 399 g/mol. The van der Waals surface area contributed by atoms with E-state index in [-0.39, 0.29) is 0 Å². The van der Waals surface area contributed by atoms with Crippen molar-refractivity contribution in [2.75, 3.05) is 19.0 Å². The number of aromatic nitrogens is 7. The van der Waals surface area contributed by atoms with Gasteiger partial charge in [-0.15, -0.1) is 0 Å². The molecule has 4 heterocycles. The molecule has 4 rings (SSSR count). The van der Waals surface area contributed by atoms with Gasteiger partial charge in [0, 0.05) is 24.4 Å². The molecule has 0 saturated carbocycles. The van der Waals surface area contributed by atoms with Crippen LogP contribution >= 0.6 is 0 Å². The fourth-order valence-electron chi connectivity index (χ4n) is 3.32. The Balaban J connectivity index is 1.71. The Morgan fingerprint density at radius 1 is 1.06 bits per heavy atom. The van der Waals surface area contributed by atoms with E-state index in [2.05, 4.69) is 30.5 Å². The minimum absolute atomic E-state index is 0.392. The summed E-state index contributed by atoms with van der Waals surface area (Å²) in [5.74, 6) is 1.61. The molecule has 0 aliphatic rings. The molecule has 0 bridgehead atoms. The highest BCUT2D eigenvalue weighted by molar-refractivity contribution is 5.69. The van der Waals surface area contributed by atoms with Gasteiger partial charge < -0.3 is 10.1 Å². The van der Waals surface area contributed by atoms with Crippen molar-refractivity contribution in [3.63, 3.8) is 0 Å². The summed E-state index contributed by atoms with van der Waals surface area (Å²) in [6.07, 6.45) is 2.67. The summed E-state index contributed by atoms with van der Waals surface area (Å²) in [4.78, 5) is 12.9. The zero-order chi connectivity index (χ0) is 22.0.